The maximum atomic E-state index is 9.63. The van der Waals surface area contributed by atoms with Crippen LogP contribution in [-0.2, 0) is 13.0 Å². The number of phenols is 1. The molecule has 0 saturated heterocycles. The number of nitrogens with one attached hydrogen (secondary N) is 1. The molecule has 0 aliphatic carbocycles. The number of aromatic hydroxyl groups is 1. The van der Waals surface area contributed by atoms with E-state index in [1.807, 2.05) is 42.5 Å². The molecule has 0 aliphatic rings. The fourth-order valence-electron chi connectivity index (χ4n) is 2.35. The summed E-state index contributed by atoms with van der Waals surface area (Å²) in [6, 6.07) is 13.5. The van der Waals surface area contributed by atoms with Crippen LogP contribution < -0.4 is 10.1 Å². The lowest BCUT2D eigenvalue weighted by molar-refractivity contribution is 0.373. The van der Waals surface area contributed by atoms with Crippen LogP contribution in [0, 0.1) is 0 Å². The fourth-order valence-corrected chi connectivity index (χ4v) is 2.48. The monoisotopic (exact) mass is 331 g/mol. The second-order valence-corrected chi connectivity index (χ2v) is 5.83. The van der Waals surface area contributed by atoms with Gasteiger partial charge in [0.2, 0.25) is 0 Å². The molecule has 0 heterocycles. The van der Waals surface area contributed by atoms with E-state index >= 15 is 0 Å². The number of aryl methyl sites for hydroxylation is 1. The highest BCUT2D eigenvalue weighted by atomic mass is 35.5. The molecular weight excluding hydrogens is 310 g/mol. The summed E-state index contributed by atoms with van der Waals surface area (Å²) in [5.74, 6) is 0.671. The van der Waals surface area contributed by atoms with Gasteiger partial charge >= 0.3 is 0 Å². The van der Waals surface area contributed by atoms with Gasteiger partial charge in [-0.25, -0.2) is 0 Å². The molecule has 1 unspecified atom stereocenters. The number of hydrogen-bond acceptors (Lipinski definition) is 3. The van der Waals surface area contributed by atoms with Gasteiger partial charge in [0.25, 0.3) is 0 Å². The highest BCUT2D eigenvalue weighted by Crippen LogP contribution is 2.26. The van der Waals surface area contributed by atoms with Gasteiger partial charge in [-0.1, -0.05) is 35.9 Å². The minimum Gasteiger partial charge on any atom is -0.504 e. The van der Waals surface area contributed by atoms with Gasteiger partial charge in [0.15, 0.2) is 11.5 Å². The van der Waals surface area contributed by atoms with E-state index in [4.69, 9.17) is 16.3 Å². The smallest absolute Gasteiger partial charge is 0.160 e. The summed E-state index contributed by atoms with van der Waals surface area (Å²) < 4.78 is 5.14. The highest BCUT2D eigenvalue weighted by molar-refractivity contribution is 6.30. The molecule has 2 aromatic carbocycles. The molecule has 0 fully saturated rings. The molecule has 23 heavy (non-hydrogen) atoms. The van der Waals surface area contributed by atoms with Crippen molar-refractivity contribution >= 4 is 11.6 Å². The lowest BCUT2D eigenvalue weighted by atomic mass is 10.0. The number of phenolic OH excluding ortho intramolecular Hbond substituents is 1. The van der Waals surface area contributed by atoms with E-state index in [9.17, 15) is 5.11 Å². The normalized spacial score (nSPS) is 11.9. The lowest BCUT2D eigenvalue weighted by Gasteiger charge is -2.15. The molecule has 4 heteroatoms. The Kier molecular flexibility index (Phi) is 6.51. The minimum atomic E-state index is 0.164. The number of benzene rings is 2. The van der Waals surface area contributed by atoms with E-state index in [1.165, 1.54) is 5.56 Å². The predicted octanol–water partition coefficient (Wildman–Crippen LogP) is 4.33. The van der Waals surface area contributed by atoms with Crippen molar-refractivity contribution in [2.75, 3.05) is 7.11 Å². The molecule has 0 saturated carbocycles. The van der Waals surface area contributed by atoms with Crippen molar-refractivity contribution in [3.05, 3.63) is 71.3 Å². The number of methoxy groups -OCH3 is 1. The van der Waals surface area contributed by atoms with Crippen LogP contribution >= 0.6 is 11.6 Å². The molecule has 3 nitrogen and oxygen atoms in total. The summed E-state index contributed by atoms with van der Waals surface area (Å²) >= 11 is 5.89. The van der Waals surface area contributed by atoms with Crippen LogP contribution in [0.5, 0.6) is 11.5 Å². The molecule has 2 N–H and O–H groups in total. The summed E-state index contributed by atoms with van der Waals surface area (Å²) in [6.45, 7) is 4.67. The zero-order valence-corrected chi connectivity index (χ0v) is 14.0. The first-order valence-electron chi connectivity index (χ1n) is 7.58. The Labute approximate surface area is 142 Å². The first-order chi connectivity index (χ1) is 11.1. The molecule has 0 radical (unpaired) electrons. The van der Waals surface area contributed by atoms with Crippen molar-refractivity contribution in [3.63, 3.8) is 0 Å². The van der Waals surface area contributed by atoms with Gasteiger partial charge in [0.05, 0.1) is 7.11 Å². The zero-order chi connectivity index (χ0) is 16.7. The maximum Gasteiger partial charge on any atom is 0.160 e. The molecule has 2 aromatic rings. The third-order valence-corrected chi connectivity index (χ3v) is 4.01. The average molecular weight is 332 g/mol. The van der Waals surface area contributed by atoms with Crippen molar-refractivity contribution in [2.24, 2.45) is 0 Å². The Bertz CT molecular complexity index is 640. The van der Waals surface area contributed by atoms with Gasteiger partial charge in [-0.05, 0) is 48.2 Å². The second kappa shape index (κ2) is 8.61. The highest BCUT2D eigenvalue weighted by Gasteiger charge is 2.07. The average Bonchev–Trinajstić information content (AvgIpc) is 2.57. The Morgan fingerprint density at radius 3 is 2.57 bits per heavy atom. The number of rotatable bonds is 8. The third-order valence-electron chi connectivity index (χ3n) is 3.75. The van der Waals surface area contributed by atoms with E-state index in [0.717, 1.165) is 30.0 Å². The van der Waals surface area contributed by atoms with Gasteiger partial charge in [-0.2, -0.15) is 0 Å². The Morgan fingerprint density at radius 2 is 1.91 bits per heavy atom. The summed E-state index contributed by atoms with van der Waals surface area (Å²) in [6.07, 6.45) is 3.72. The van der Waals surface area contributed by atoms with Crippen LogP contribution in [0.1, 0.15) is 17.5 Å². The van der Waals surface area contributed by atoms with Crippen LogP contribution in [0.15, 0.2) is 55.1 Å². The molecule has 0 bridgehead atoms. The van der Waals surface area contributed by atoms with Crippen molar-refractivity contribution in [2.45, 2.75) is 25.4 Å². The Hall–Kier alpha value is -1.97. The standard InChI is InChI=1S/C19H22ClNO2/c1-3-17(21-13-15-4-8-16(20)9-5-15)10-6-14-7-11-18(22)19(12-14)23-2/h3-5,7-9,11-12,17,21-22H,1,6,10,13H2,2H3. The van der Waals surface area contributed by atoms with E-state index in [-0.39, 0.29) is 11.8 Å². The minimum absolute atomic E-state index is 0.164. The topological polar surface area (TPSA) is 41.5 Å². The molecule has 0 spiro atoms. The van der Waals surface area contributed by atoms with Crippen LogP contribution in [0.25, 0.3) is 0 Å². The van der Waals surface area contributed by atoms with Crippen LogP contribution in [0.2, 0.25) is 5.02 Å². The van der Waals surface area contributed by atoms with Crippen molar-refractivity contribution in [1.82, 2.24) is 5.32 Å². The second-order valence-electron chi connectivity index (χ2n) is 5.39. The van der Waals surface area contributed by atoms with Crippen molar-refractivity contribution in [1.29, 1.82) is 0 Å². The van der Waals surface area contributed by atoms with Crippen LogP contribution in [0.4, 0.5) is 0 Å². The fraction of sp³-hybridized carbons (Fsp3) is 0.263. The van der Waals surface area contributed by atoms with Gasteiger partial charge in [0, 0.05) is 17.6 Å². The predicted molar refractivity (Wildman–Crippen MR) is 95.3 cm³/mol. The van der Waals surface area contributed by atoms with E-state index in [2.05, 4.69) is 11.9 Å². The molecule has 1 atom stereocenters. The number of ether oxygens (including phenoxy) is 1. The number of hydrogen-bond donors (Lipinski definition) is 2. The van der Waals surface area contributed by atoms with Crippen molar-refractivity contribution in [3.8, 4) is 11.5 Å². The first kappa shape index (κ1) is 17.4. The van der Waals surface area contributed by atoms with E-state index in [1.54, 1.807) is 13.2 Å². The van der Waals surface area contributed by atoms with Gasteiger partial charge in [0.1, 0.15) is 0 Å². The van der Waals surface area contributed by atoms with E-state index < -0.39 is 0 Å². The molecule has 0 amide bonds. The van der Waals surface area contributed by atoms with Crippen LogP contribution in [0.3, 0.4) is 0 Å². The maximum absolute atomic E-state index is 9.63. The Balaban J connectivity index is 1.87. The zero-order valence-electron chi connectivity index (χ0n) is 13.3. The number of halogens is 1. The van der Waals surface area contributed by atoms with Crippen molar-refractivity contribution < 1.29 is 9.84 Å². The first-order valence-corrected chi connectivity index (χ1v) is 7.96. The van der Waals surface area contributed by atoms with Crippen LogP contribution in [-0.4, -0.2) is 18.3 Å². The Morgan fingerprint density at radius 1 is 1.22 bits per heavy atom. The summed E-state index contributed by atoms with van der Waals surface area (Å²) in [7, 11) is 1.55. The van der Waals surface area contributed by atoms with E-state index in [0.29, 0.717) is 5.75 Å². The SMILES string of the molecule is C=CC(CCc1ccc(O)c(OC)c1)NCc1ccc(Cl)cc1. The molecule has 2 rings (SSSR count). The summed E-state index contributed by atoms with van der Waals surface area (Å²) in [4.78, 5) is 0. The molecular formula is C19H22ClNO2. The molecule has 122 valence electrons. The third kappa shape index (κ3) is 5.31. The van der Waals surface area contributed by atoms with Gasteiger partial charge < -0.3 is 15.2 Å². The van der Waals surface area contributed by atoms with Gasteiger partial charge in [-0.15, -0.1) is 6.58 Å². The quantitative estimate of drug-likeness (QED) is 0.707. The summed E-state index contributed by atoms with van der Waals surface area (Å²) in [5, 5.41) is 13.8. The largest absolute Gasteiger partial charge is 0.504 e. The van der Waals surface area contributed by atoms with Gasteiger partial charge in [-0.3, -0.25) is 0 Å². The summed E-state index contributed by atoms with van der Waals surface area (Å²) in [5.41, 5.74) is 2.31. The molecule has 0 aliphatic heterocycles. The lowest BCUT2D eigenvalue weighted by Crippen LogP contribution is -2.27. The molecule has 0 aromatic heterocycles.